The maximum atomic E-state index is 12.5. The van der Waals surface area contributed by atoms with Gasteiger partial charge in [-0.2, -0.15) is 13.2 Å². The number of hydrogen-bond acceptors (Lipinski definition) is 1. The monoisotopic (exact) mass is 245 g/mol. The number of alkyl halides is 3. The molecule has 17 heavy (non-hydrogen) atoms. The van der Waals surface area contributed by atoms with E-state index in [1.165, 1.54) is 13.0 Å². The summed E-state index contributed by atoms with van der Waals surface area (Å²) in [6.45, 7) is 3.15. The number of carbonyl (C=O) groups excluding carboxylic acids is 1. The van der Waals surface area contributed by atoms with Crippen molar-refractivity contribution in [1.29, 1.82) is 0 Å². The maximum absolute atomic E-state index is 12.5. The number of benzene rings is 1. The SMILES string of the molecule is CC[C@H](NC(C)=O)c1cccc(C(F)(F)F)c1. The standard InChI is InChI=1S/C12H14F3NO/c1-3-11(16-8(2)17)9-5-4-6-10(7-9)12(13,14)15/h4-7,11H,3H2,1-2H3,(H,16,17)/t11-/m0/s1. The van der Waals surface area contributed by atoms with E-state index in [0.717, 1.165) is 12.1 Å². The van der Waals surface area contributed by atoms with Gasteiger partial charge in [0.1, 0.15) is 0 Å². The molecule has 0 heterocycles. The van der Waals surface area contributed by atoms with Crippen molar-refractivity contribution >= 4 is 5.91 Å². The van der Waals surface area contributed by atoms with Gasteiger partial charge >= 0.3 is 6.18 Å². The molecule has 0 saturated carbocycles. The number of nitrogens with one attached hydrogen (secondary N) is 1. The van der Waals surface area contributed by atoms with Gasteiger partial charge in [-0.05, 0) is 24.1 Å². The van der Waals surface area contributed by atoms with Crippen molar-refractivity contribution in [1.82, 2.24) is 5.32 Å². The van der Waals surface area contributed by atoms with Crippen LogP contribution in [0.4, 0.5) is 13.2 Å². The van der Waals surface area contributed by atoms with Crippen molar-refractivity contribution in [3.8, 4) is 0 Å². The molecule has 0 radical (unpaired) electrons. The van der Waals surface area contributed by atoms with Gasteiger partial charge in [0.15, 0.2) is 0 Å². The fourth-order valence-corrected chi connectivity index (χ4v) is 1.60. The summed E-state index contributed by atoms with van der Waals surface area (Å²) in [5, 5.41) is 2.62. The fraction of sp³-hybridized carbons (Fsp3) is 0.417. The molecule has 0 aromatic heterocycles. The summed E-state index contributed by atoms with van der Waals surface area (Å²) in [6.07, 6.45) is -3.81. The first-order valence-electron chi connectivity index (χ1n) is 5.29. The number of rotatable bonds is 3. The van der Waals surface area contributed by atoms with Crippen LogP contribution in [0.1, 0.15) is 37.4 Å². The van der Waals surface area contributed by atoms with E-state index in [-0.39, 0.29) is 11.9 Å². The topological polar surface area (TPSA) is 29.1 Å². The molecule has 1 aromatic rings. The molecule has 94 valence electrons. The lowest BCUT2D eigenvalue weighted by Gasteiger charge is -2.17. The third-order valence-electron chi connectivity index (χ3n) is 2.40. The molecule has 0 bridgehead atoms. The van der Waals surface area contributed by atoms with Gasteiger partial charge in [0.05, 0.1) is 11.6 Å². The van der Waals surface area contributed by atoms with Crippen molar-refractivity contribution in [2.24, 2.45) is 0 Å². The minimum absolute atomic E-state index is 0.255. The molecule has 5 heteroatoms. The first kappa shape index (κ1) is 13.5. The molecule has 0 saturated heterocycles. The Morgan fingerprint density at radius 2 is 2.06 bits per heavy atom. The molecule has 0 aliphatic rings. The molecule has 0 aliphatic heterocycles. The second kappa shape index (κ2) is 5.21. The molecule has 1 rings (SSSR count). The molecule has 0 aliphatic carbocycles. The molecule has 1 aromatic carbocycles. The third-order valence-corrected chi connectivity index (χ3v) is 2.40. The molecule has 0 unspecified atom stereocenters. The third kappa shape index (κ3) is 3.76. The molecule has 2 nitrogen and oxygen atoms in total. The zero-order chi connectivity index (χ0) is 13.1. The Morgan fingerprint density at radius 1 is 1.41 bits per heavy atom. The van der Waals surface area contributed by atoms with Gasteiger partial charge in [-0.1, -0.05) is 19.1 Å². The summed E-state index contributed by atoms with van der Waals surface area (Å²) in [5.41, 5.74) is -0.226. The Labute approximate surface area is 97.8 Å². The summed E-state index contributed by atoms with van der Waals surface area (Å²) in [6, 6.07) is 4.64. The van der Waals surface area contributed by atoms with Crippen LogP contribution in [0.25, 0.3) is 0 Å². The zero-order valence-electron chi connectivity index (χ0n) is 9.64. The van der Waals surface area contributed by atoms with Crippen molar-refractivity contribution in [2.45, 2.75) is 32.5 Å². The quantitative estimate of drug-likeness (QED) is 0.869. The van der Waals surface area contributed by atoms with Crippen molar-refractivity contribution < 1.29 is 18.0 Å². The highest BCUT2D eigenvalue weighted by atomic mass is 19.4. The van der Waals surface area contributed by atoms with Gasteiger partial charge in [-0.3, -0.25) is 4.79 Å². The van der Waals surface area contributed by atoms with Gasteiger partial charge < -0.3 is 5.32 Å². The van der Waals surface area contributed by atoms with Gasteiger partial charge in [-0.25, -0.2) is 0 Å². The number of amides is 1. The van der Waals surface area contributed by atoms with Gasteiger partial charge in [0.25, 0.3) is 0 Å². The van der Waals surface area contributed by atoms with Crippen LogP contribution in [0.15, 0.2) is 24.3 Å². The van der Waals surface area contributed by atoms with E-state index in [1.54, 1.807) is 13.0 Å². The van der Waals surface area contributed by atoms with Crippen LogP contribution in [0.3, 0.4) is 0 Å². The lowest BCUT2D eigenvalue weighted by atomic mass is 10.0. The molecule has 0 fully saturated rings. The van der Waals surface area contributed by atoms with Crippen LogP contribution in [0, 0.1) is 0 Å². The minimum Gasteiger partial charge on any atom is -0.350 e. The van der Waals surface area contributed by atoms with Crippen molar-refractivity contribution in [3.63, 3.8) is 0 Å². The number of hydrogen-bond donors (Lipinski definition) is 1. The predicted octanol–water partition coefficient (Wildman–Crippen LogP) is 3.29. The highest BCUT2D eigenvalue weighted by molar-refractivity contribution is 5.73. The first-order valence-corrected chi connectivity index (χ1v) is 5.29. The van der Waals surface area contributed by atoms with Gasteiger partial charge in [0, 0.05) is 6.92 Å². The lowest BCUT2D eigenvalue weighted by Crippen LogP contribution is -2.25. The molecule has 0 spiro atoms. The van der Waals surface area contributed by atoms with Crippen LogP contribution in [0.2, 0.25) is 0 Å². The summed E-state index contributed by atoms with van der Waals surface area (Å²) in [4.78, 5) is 10.9. The molecule has 1 N–H and O–H groups in total. The molecular formula is C12H14F3NO. The summed E-state index contributed by atoms with van der Waals surface area (Å²) in [7, 11) is 0. The van der Waals surface area contributed by atoms with Crippen LogP contribution >= 0.6 is 0 Å². The predicted molar refractivity (Wildman–Crippen MR) is 58.3 cm³/mol. The Kier molecular flexibility index (Phi) is 4.15. The molecule has 1 amide bonds. The van der Waals surface area contributed by atoms with Crippen molar-refractivity contribution in [2.75, 3.05) is 0 Å². The van der Waals surface area contributed by atoms with Gasteiger partial charge in [0.2, 0.25) is 5.91 Å². The van der Waals surface area contributed by atoms with Crippen molar-refractivity contribution in [3.05, 3.63) is 35.4 Å². The van der Waals surface area contributed by atoms with E-state index in [2.05, 4.69) is 5.32 Å². The Balaban J connectivity index is 3.01. The minimum atomic E-state index is -4.36. The maximum Gasteiger partial charge on any atom is 0.416 e. The van der Waals surface area contributed by atoms with E-state index >= 15 is 0 Å². The zero-order valence-corrected chi connectivity index (χ0v) is 9.64. The highest BCUT2D eigenvalue weighted by Gasteiger charge is 2.30. The summed E-state index contributed by atoms with van der Waals surface area (Å²) >= 11 is 0. The molecular weight excluding hydrogens is 231 g/mol. The Hall–Kier alpha value is -1.52. The first-order chi connectivity index (χ1) is 7.84. The van der Waals surface area contributed by atoms with Crippen LogP contribution in [0.5, 0.6) is 0 Å². The van der Waals surface area contributed by atoms with Gasteiger partial charge in [-0.15, -0.1) is 0 Å². The Morgan fingerprint density at radius 3 is 2.53 bits per heavy atom. The van der Waals surface area contributed by atoms with E-state index < -0.39 is 11.7 Å². The molecule has 1 atom stereocenters. The number of carbonyl (C=O) groups is 1. The number of halogens is 3. The largest absolute Gasteiger partial charge is 0.416 e. The second-order valence-electron chi connectivity index (χ2n) is 3.78. The average molecular weight is 245 g/mol. The van der Waals surface area contributed by atoms with Crippen LogP contribution < -0.4 is 5.32 Å². The van der Waals surface area contributed by atoms with E-state index in [4.69, 9.17) is 0 Å². The fourth-order valence-electron chi connectivity index (χ4n) is 1.60. The smallest absolute Gasteiger partial charge is 0.350 e. The summed E-state index contributed by atoms with van der Waals surface area (Å²) < 4.78 is 37.5. The highest BCUT2D eigenvalue weighted by Crippen LogP contribution is 2.31. The second-order valence-corrected chi connectivity index (χ2v) is 3.78. The van der Waals surface area contributed by atoms with E-state index in [0.29, 0.717) is 12.0 Å². The average Bonchev–Trinajstić information content (AvgIpc) is 2.24. The van der Waals surface area contributed by atoms with Crippen LogP contribution in [-0.4, -0.2) is 5.91 Å². The van der Waals surface area contributed by atoms with E-state index in [9.17, 15) is 18.0 Å². The normalized spacial score (nSPS) is 13.2. The summed E-state index contributed by atoms with van der Waals surface area (Å²) in [5.74, 6) is -0.255. The lowest BCUT2D eigenvalue weighted by molar-refractivity contribution is -0.137. The van der Waals surface area contributed by atoms with Crippen LogP contribution in [-0.2, 0) is 11.0 Å². The van der Waals surface area contributed by atoms with E-state index in [1.807, 2.05) is 0 Å². The Bertz CT molecular complexity index is 401.